The first-order valence-corrected chi connectivity index (χ1v) is 8.59. The molecule has 0 bridgehead atoms. The highest BCUT2D eigenvalue weighted by molar-refractivity contribution is 7.10. The molecule has 0 aliphatic carbocycles. The van der Waals surface area contributed by atoms with Crippen LogP contribution in [-0.4, -0.2) is 20.3 Å². The number of imidazole rings is 1. The molecule has 25 heavy (non-hydrogen) atoms. The van der Waals surface area contributed by atoms with Crippen LogP contribution >= 0.6 is 11.3 Å². The molecule has 5 nitrogen and oxygen atoms in total. The summed E-state index contributed by atoms with van der Waals surface area (Å²) in [7, 11) is 0. The molecule has 0 fully saturated rings. The molecule has 1 amide bonds. The van der Waals surface area contributed by atoms with Gasteiger partial charge >= 0.3 is 0 Å². The number of hydrogen-bond donors (Lipinski definition) is 1. The number of aromatic nitrogens is 3. The molecule has 4 aromatic rings. The van der Waals surface area contributed by atoms with Gasteiger partial charge in [0.25, 0.3) is 0 Å². The molecule has 3 heterocycles. The van der Waals surface area contributed by atoms with E-state index >= 15 is 0 Å². The van der Waals surface area contributed by atoms with Gasteiger partial charge in [-0.2, -0.15) is 0 Å². The van der Waals surface area contributed by atoms with E-state index < -0.39 is 0 Å². The molecule has 0 aliphatic heterocycles. The van der Waals surface area contributed by atoms with Crippen molar-refractivity contribution in [2.75, 3.05) is 5.32 Å². The molecule has 0 saturated heterocycles. The molecule has 0 unspecified atom stereocenters. The highest BCUT2D eigenvalue weighted by Gasteiger charge is 2.05. The molecule has 0 aliphatic rings. The highest BCUT2D eigenvalue weighted by Crippen LogP contribution is 2.21. The second-order valence-electron chi connectivity index (χ2n) is 5.37. The molecule has 0 saturated carbocycles. The summed E-state index contributed by atoms with van der Waals surface area (Å²) >= 11 is 1.59. The van der Waals surface area contributed by atoms with Crippen LogP contribution in [0.5, 0.6) is 0 Å². The maximum atomic E-state index is 12.0. The van der Waals surface area contributed by atoms with E-state index in [-0.39, 0.29) is 5.91 Å². The number of nitrogens with one attached hydrogen (secondary N) is 1. The van der Waals surface area contributed by atoms with Crippen molar-refractivity contribution in [1.82, 2.24) is 14.4 Å². The van der Waals surface area contributed by atoms with Gasteiger partial charge in [0.2, 0.25) is 11.7 Å². The van der Waals surface area contributed by atoms with Gasteiger partial charge in [-0.25, -0.2) is 9.97 Å². The van der Waals surface area contributed by atoms with Crippen LogP contribution in [-0.2, 0) is 4.79 Å². The van der Waals surface area contributed by atoms with Crippen molar-refractivity contribution < 1.29 is 4.79 Å². The number of rotatable bonds is 4. The minimum atomic E-state index is -0.155. The van der Waals surface area contributed by atoms with E-state index in [1.165, 1.54) is 6.08 Å². The summed E-state index contributed by atoms with van der Waals surface area (Å²) in [5, 5.41) is 4.83. The Balaban J connectivity index is 1.47. The molecule has 122 valence electrons. The van der Waals surface area contributed by atoms with Crippen LogP contribution in [0.2, 0.25) is 0 Å². The SMILES string of the molecule is O=C(/C=C\c1cccs1)Nc1ccc(-c2cn3cccnc3n2)cc1. The van der Waals surface area contributed by atoms with Gasteiger partial charge in [0.1, 0.15) is 0 Å². The minimum absolute atomic E-state index is 0.155. The molecular formula is C19H14N4OS. The number of hydrogen-bond acceptors (Lipinski definition) is 4. The predicted molar refractivity (Wildman–Crippen MR) is 100 cm³/mol. The van der Waals surface area contributed by atoms with Crippen LogP contribution < -0.4 is 5.32 Å². The lowest BCUT2D eigenvalue weighted by Crippen LogP contribution is -2.07. The number of benzene rings is 1. The Morgan fingerprint density at radius 3 is 2.80 bits per heavy atom. The second-order valence-corrected chi connectivity index (χ2v) is 6.35. The van der Waals surface area contributed by atoms with Crippen LogP contribution in [0.1, 0.15) is 4.88 Å². The molecule has 0 atom stereocenters. The van der Waals surface area contributed by atoms with Gasteiger partial charge in [-0.05, 0) is 35.7 Å². The molecular weight excluding hydrogens is 332 g/mol. The molecule has 3 aromatic heterocycles. The highest BCUT2D eigenvalue weighted by atomic mass is 32.1. The van der Waals surface area contributed by atoms with Crippen LogP contribution in [0.4, 0.5) is 5.69 Å². The smallest absolute Gasteiger partial charge is 0.248 e. The Labute approximate surface area is 148 Å². The molecule has 1 N–H and O–H groups in total. The lowest BCUT2D eigenvalue weighted by atomic mass is 10.1. The Morgan fingerprint density at radius 1 is 1.16 bits per heavy atom. The zero-order valence-corrected chi connectivity index (χ0v) is 14.0. The summed E-state index contributed by atoms with van der Waals surface area (Å²) in [6, 6.07) is 13.4. The molecule has 1 aromatic carbocycles. The van der Waals surface area contributed by atoms with Crippen molar-refractivity contribution in [3.63, 3.8) is 0 Å². The summed E-state index contributed by atoms with van der Waals surface area (Å²) in [6.07, 6.45) is 8.90. The number of thiophene rings is 1. The first kappa shape index (κ1) is 15.3. The molecule has 4 rings (SSSR count). The quantitative estimate of drug-likeness (QED) is 0.566. The van der Waals surface area contributed by atoms with E-state index in [1.807, 2.05) is 64.6 Å². The van der Waals surface area contributed by atoms with Gasteiger partial charge in [-0.1, -0.05) is 18.2 Å². The van der Waals surface area contributed by atoms with Gasteiger partial charge in [0.05, 0.1) is 5.69 Å². The Morgan fingerprint density at radius 2 is 2.04 bits per heavy atom. The largest absolute Gasteiger partial charge is 0.323 e. The Hall–Kier alpha value is -3.25. The summed E-state index contributed by atoms with van der Waals surface area (Å²) in [4.78, 5) is 21.7. The summed E-state index contributed by atoms with van der Waals surface area (Å²) in [5.41, 5.74) is 2.55. The van der Waals surface area contributed by atoms with E-state index in [9.17, 15) is 4.79 Å². The second kappa shape index (κ2) is 6.70. The van der Waals surface area contributed by atoms with Crippen molar-refractivity contribution >= 4 is 34.8 Å². The summed E-state index contributed by atoms with van der Waals surface area (Å²) < 4.78 is 1.88. The Kier molecular flexibility index (Phi) is 4.10. The van der Waals surface area contributed by atoms with Crippen molar-refractivity contribution in [3.8, 4) is 11.3 Å². The number of nitrogens with zero attached hydrogens (tertiary/aromatic N) is 3. The number of carbonyl (C=O) groups is 1. The number of anilines is 1. The molecule has 6 heteroatoms. The summed E-state index contributed by atoms with van der Waals surface area (Å²) in [5.74, 6) is 0.506. The third-order valence-corrected chi connectivity index (χ3v) is 4.46. The van der Waals surface area contributed by atoms with E-state index in [0.717, 1.165) is 21.8 Å². The first-order valence-electron chi connectivity index (χ1n) is 7.71. The minimum Gasteiger partial charge on any atom is -0.323 e. The van der Waals surface area contributed by atoms with E-state index in [0.29, 0.717) is 5.78 Å². The van der Waals surface area contributed by atoms with E-state index in [4.69, 9.17) is 0 Å². The maximum Gasteiger partial charge on any atom is 0.248 e. The number of fused-ring (bicyclic) bond motifs is 1. The monoisotopic (exact) mass is 346 g/mol. The maximum absolute atomic E-state index is 12.0. The van der Waals surface area contributed by atoms with Crippen molar-refractivity contribution in [1.29, 1.82) is 0 Å². The van der Waals surface area contributed by atoms with Gasteiger partial charge in [0, 0.05) is 40.8 Å². The standard InChI is InChI=1S/C19H14N4OS/c24-18(9-8-16-3-1-12-25-16)21-15-6-4-14(5-7-15)17-13-23-11-2-10-20-19(23)22-17/h1-13H,(H,21,24)/b9-8-. The first-order chi connectivity index (χ1) is 12.3. The lowest BCUT2D eigenvalue weighted by molar-refractivity contribution is -0.111. The van der Waals surface area contributed by atoms with Gasteiger partial charge < -0.3 is 5.32 Å². The van der Waals surface area contributed by atoms with Crippen LogP contribution in [0.3, 0.4) is 0 Å². The normalized spacial score (nSPS) is 11.2. The third-order valence-electron chi connectivity index (χ3n) is 3.63. The van der Waals surface area contributed by atoms with Crippen molar-refractivity contribution in [2.45, 2.75) is 0 Å². The van der Waals surface area contributed by atoms with Gasteiger partial charge in [0.15, 0.2) is 0 Å². The molecule has 0 spiro atoms. The zero-order chi connectivity index (χ0) is 17.1. The van der Waals surface area contributed by atoms with Crippen LogP contribution in [0.25, 0.3) is 23.1 Å². The topological polar surface area (TPSA) is 59.3 Å². The fraction of sp³-hybridized carbons (Fsp3) is 0. The lowest BCUT2D eigenvalue weighted by Gasteiger charge is -2.03. The van der Waals surface area contributed by atoms with Gasteiger partial charge in [-0.3, -0.25) is 9.20 Å². The van der Waals surface area contributed by atoms with Crippen molar-refractivity contribution in [3.05, 3.63) is 77.4 Å². The number of amides is 1. The van der Waals surface area contributed by atoms with Crippen molar-refractivity contribution in [2.24, 2.45) is 0 Å². The average Bonchev–Trinajstić information content (AvgIpc) is 3.30. The summed E-state index contributed by atoms with van der Waals surface area (Å²) in [6.45, 7) is 0. The predicted octanol–water partition coefficient (Wildman–Crippen LogP) is 4.11. The zero-order valence-electron chi connectivity index (χ0n) is 13.2. The fourth-order valence-corrected chi connectivity index (χ4v) is 3.04. The van der Waals surface area contributed by atoms with E-state index in [2.05, 4.69) is 15.3 Å². The van der Waals surface area contributed by atoms with Crippen LogP contribution in [0.15, 0.2) is 72.5 Å². The number of carbonyl (C=O) groups excluding carboxylic acids is 1. The van der Waals surface area contributed by atoms with E-state index in [1.54, 1.807) is 23.6 Å². The van der Waals surface area contributed by atoms with Crippen LogP contribution in [0, 0.1) is 0 Å². The fourth-order valence-electron chi connectivity index (χ4n) is 2.42. The molecule has 0 radical (unpaired) electrons. The Bertz CT molecular complexity index is 1000. The third kappa shape index (κ3) is 3.49. The average molecular weight is 346 g/mol. The van der Waals surface area contributed by atoms with Gasteiger partial charge in [-0.15, -0.1) is 11.3 Å².